The molecule has 0 spiro atoms. The van der Waals surface area contributed by atoms with Crippen molar-refractivity contribution in [2.45, 2.75) is 33.2 Å². The van der Waals surface area contributed by atoms with Crippen molar-refractivity contribution >= 4 is 5.69 Å². The molecule has 21 heavy (non-hydrogen) atoms. The van der Waals surface area contributed by atoms with Gasteiger partial charge in [0.15, 0.2) is 0 Å². The predicted molar refractivity (Wildman–Crippen MR) is 81.4 cm³/mol. The molecule has 0 aliphatic rings. The van der Waals surface area contributed by atoms with Crippen LogP contribution in [0.3, 0.4) is 0 Å². The lowest BCUT2D eigenvalue weighted by Gasteiger charge is -2.17. The van der Waals surface area contributed by atoms with Crippen LogP contribution < -0.4 is 5.32 Å². The third-order valence-corrected chi connectivity index (χ3v) is 3.49. The van der Waals surface area contributed by atoms with Gasteiger partial charge in [-0.3, -0.25) is 10.1 Å². The van der Waals surface area contributed by atoms with E-state index in [2.05, 4.69) is 12.2 Å². The van der Waals surface area contributed by atoms with Crippen LogP contribution in [0.25, 0.3) is 0 Å². The number of nitro benzene ring substituents is 1. The molecular formula is C16H20N2O3. The van der Waals surface area contributed by atoms with Crippen LogP contribution in [0.5, 0.6) is 0 Å². The van der Waals surface area contributed by atoms with Crippen LogP contribution in [-0.2, 0) is 6.42 Å². The van der Waals surface area contributed by atoms with Gasteiger partial charge in [-0.1, -0.05) is 19.1 Å². The van der Waals surface area contributed by atoms with Gasteiger partial charge in [0, 0.05) is 23.7 Å². The second-order valence-corrected chi connectivity index (χ2v) is 5.11. The van der Waals surface area contributed by atoms with Gasteiger partial charge in [-0.05, 0) is 38.4 Å². The highest BCUT2D eigenvalue weighted by molar-refractivity contribution is 5.34. The van der Waals surface area contributed by atoms with E-state index >= 15 is 0 Å². The molecule has 5 nitrogen and oxygen atoms in total. The zero-order chi connectivity index (χ0) is 15.4. The largest absolute Gasteiger partial charge is 0.466 e. The lowest BCUT2D eigenvalue weighted by molar-refractivity contribution is -0.384. The summed E-state index contributed by atoms with van der Waals surface area (Å²) in [5.74, 6) is 1.81. The van der Waals surface area contributed by atoms with Crippen LogP contribution in [0.4, 0.5) is 5.69 Å². The summed E-state index contributed by atoms with van der Waals surface area (Å²) in [6.45, 7) is 6.81. The summed E-state index contributed by atoms with van der Waals surface area (Å²) in [6.07, 6.45) is 0.769. The van der Waals surface area contributed by atoms with E-state index in [0.717, 1.165) is 35.6 Å². The molecule has 1 unspecified atom stereocenters. The number of furan rings is 1. The Morgan fingerprint density at radius 1 is 1.29 bits per heavy atom. The highest BCUT2D eigenvalue weighted by Crippen LogP contribution is 2.25. The zero-order valence-corrected chi connectivity index (χ0v) is 12.6. The SMILES string of the molecule is CCNC(Cc1ccc([N+](=O)[O-])cc1)c1cc(C)oc1C. The second-order valence-electron chi connectivity index (χ2n) is 5.11. The third-order valence-electron chi connectivity index (χ3n) is 3.49. The molecule has 1 aromatic carbocycles. The van der Waals surface area contributed by atoms with E-state index in [1.165, 1.54) is 0 Å². The number of benzene rings is 1. The molecule has 1 atom stereocenters. The summed E-state index contributed by atoms with van der Waals surface area (Å²) in [5.41, 5.74) is 2.33. The van der Waals surface area contributed by atoms with Crippen LogP contribution in [0.1, 0.15) is 35.6 Å². The number of rotatable bonds is 6. The fraction of sp³-hybridized carbons (Fsp3) is 0.375. The number of non-ortho nitro benzene ring substituents is 1. The molecule has 2 aromatic rings. The summed E-state index contributed by atoms with van der Waals surface area (Å²) < 4.78 is 5.60. The molecule has 0 aliphatic carbocycles. The first kappa shape index (κ1) is 15.3. The number of likely N-dealkylation sites (N-methyl/N-ethyl adjacent to an activating group) is 1. The molecule has 0 fully saturated rings. The molecule has 2 rings (SSSR count). The smallest absolute Gasteiger partial charge is 0.269 e. The Hall–Kier alpha value is -2.14. The summed E-state index contributed by atoms with van der Waals surface area (Å²) in [6, 6.07) is 8.91. The Morgan fingerprint density at radius 3 is 2.43 bits per heavy atom. The Labute approximate surface area is 124 Å². The number of hydrogen-bond acceptors (Lipinski definition) is 4. The van der Waals surface area contributed by atoms with E-state index in [1.807, 2.05) is 32.0 Å². The van der Waals surface area contributed by atoms with E-state index < -0.39 is 0 Å². The van der Waals surface area contributed by atoms with Gasteiger partial charge in [-0.2, -0.15) is 0 Å². The molecule has 0 saturated heterocycles. The van der Waals surface area contributed by atoms with Gasteiger partial charge in [0.1, 0.15) is 11.5 Å². The normalized spacial score (nSPS) is 12.3. The van der Waals surface area contributed by atoms with Gasteiger partial charge < -0.3 is 9.73 Å². The highest BCUT2D eigenvalue weighted by Gasteiger charge is 2.17. The Balaban J connectivity index is 2.20. The van der Waals surface area contributed by atoms with Crippen LogP contribution in [-0.4, -0.2) is 11.5 Å². The molecule has 5 heteroatoms. The first-order valence-corrected chi connectivity index (χ1v) is 7.05. The van der Waals surface area contributed by atoms with Gasteiger partial charge in [-0.15, -0.1) is 0 Å². The fourth-order valence-corrected chi connectivity index (χ4v) is 2.52. The number of nitrogens with zero attached hydrogens (tertiary/aromatic N) is 1. The number of nitrogens with one attached hydrogen (secondary N) is 1. The lowest BCUT2D eigenvalue weighted by Crippen LogP contribution is -2.23. The third kappa shape index (κ3) is 3.70. The molecule has 0 radical (unpaired) electrons. The van der Waals surface area contributed by atoms with Gasteiger partial charge in [0.05, 0.1) is 4.92 Å². The molecule has 112 valence electrons. The van der Waals surface area contributed by atoms with E-state index in [1.54, 1.807) is 12.1 Å². The van der Waals surface area contributed by atoms with Crippen LogP contribution in [0.2, 0.25) is 0 Å². The Kier molecular flexibility index (Phi) is 4.75. The number of aryl methyl sites for hydroxylation is 2. The van der Waals surface area contributed by atoms with Crippen molar-refractivity contribution in [2.24, 2.45) is 0 Å². The summed E-state index contributed by atoms with van der Waals surface area (Å²) in [5, 5.41) is 14.1. The topological polar surface area (TPSA) is 68.3 Å². The molecule has 1 heterocycles. The number of nitro groups is 1. The molecule has 0 bridgehead atoms. The minimum atomic E-state index is -0.380. The van der Waals surface area contributed by atoms with E-state index in [4.69, 9.17) is 4.42 Å². The van der Waals surface area contributed by atoms with E-state index in [9.17, 15) is 10.1 Å². The van der Waals surface area contributed by atoms with Crippen molar-refractivity contribution in [1.29, 1.82) is 0 Å². The first-order chi connectivity index (χ1) is 10.0. The molecule has 0 amide bonds. The minimum absolute atomic E-state index is 0.120. The predicted octanol–water partition coefficient (Wildman–Crippen LogP) is 3.70. The summed E-state index contributed by atoms with van der Waals surface area (Å²) >= 11 is 0. The fourth-order valence-electron chi connectivity index (χ4n) is 2.52. The maximum absolute atomic E-state index is 10.7. The van der Waals surface area contributed by atoms with Crippen molar-refractivity contribution < 1.29 is 9.34 Å². The number of hydrogen-bond donors (Lipinski definition) is 1. The lowest BCUT2D eigenvalue weighted by atomic mass is 9.99. The van der Waals surface area contributed by atoms with Crippen molar-refractivity contribution in [3.8, 4) is 0 Å². The maximum Gasteiger partial charge on any atom is 0.269 e. The van der Waals surface area contributed by atoms with Crippen LogP contribution in [0.15, 0.2) is 34.7 Å². The van der Waals surface area contributed by atoms with E-state index in [0.29, 0.717) is 0 Å². The monoisotopic (exact) mass is 288 g/mol. The van der Waals surface area contributed by atoms with Crippen LogP contribution in [0, 0.1) is 24.0 Å². The summed E-state index contributed by atoms with van der Waals surface area (Å²) in [4.78, 5) is 10.3. The van der Waals surface area contributed by atoms with E-state index in [-0.39, 0.29) is 16.7 Å². The van der Waals surface area contributed by atoms with Crippen LogP contribution >= 0.6 is 0 Å². The molecule has 0 saturated carbocycles. The van der Waals surface area contributed by atoms with Crippen molar-refractivity contribution in [2.75, 3.05) is 6.54 Å². The second kappa shape index (κ2) is 6.54. The van der Waals surface area contributed by atoms with Gasteiger partial charge in [0.25, 0.3) is 5.69 Å². The Bertz CT molecular complexity index is 617. The average Bonchev–Trinajstić information content (AvgIpc) is 2.78. The quantitative estimate of drug-likeness (QED) is 0.650. The van der Waals surface area contributed by atoms with Crippen molar-refractivity contribution in [3.05, 3.63) is 63.1 Å². The molecular weight excluding hydrogens is 268 g/mol. The first-order valence-electron chi connectivity index (χ1n) is 7.05. The average molecular weight is 288 g/mol. The highest BCUT2D eigenvalue weighted by atomic mass is 16.6. The Morgan fingerprint density at radius 2 is 1.95 bits per heavy atom. The summed E-state index contributed by atoms with van der Waals surface area (Å²) in [7, 11) is 0. The van der Waals surface area contributed by atoms with Crippen molar-refractivity contribution in [1.82, 2.24) is 5.32 Å². The van der Waals surface area contributed by atoms with Crippen molar-refractivity contribution in [3.63, 3.8) is 0 Å². The standard InChI is InChI=1S/C16H20N2O3/c1-4-17-16(15-9-11(2)21-12(15)3)10-13-5-7-14(8-6-13)18(19)20/h5-9,16-17H,4,10H2,1-3H3. The zero-order valence-electron chi connectivity index (χ0n) is 12.6. The van der Waals surface area contributed by atoms with Gasteiger partial charge >= 0.3 is 0 Å². The van der Waals surface area contributed by atoms with Gasteiger partial charge in [-0.25, -0.2) is 0 Å². The maximum atomic E-state index is 10.7. The molecule has 0 aliphatic heterocycles. The van der Waals surface area contributed by atoms with Gasteiger partial charge in [0.2, 0.25) is 0 Å². The molecule has 1 N–H and O–H groups in total. The minimum Gasteiger partial charge on any atom is -0.466 e. The molecule has 1 aromatic heterocycles.